The van der Waals surface area contributed by atoms with Gasteiger partial charge in [0.05, 0.1) is 13.1 Å². The van der Waals surface area contributed by atoms with Gasteiger partial charge in [0.1, 0.15) is 31.1 Å². The number of halogens is 1. The van der Waals surface area contributed by atoms with Crippen molar-refractivity contribution in [1.29, 1.82) is 0 Å². The number of carbonyl (C=O) groups excluding carboxylic acids is 4. The van der Waals surface area contributed by atoms with Crippen LogP contribution < -0.4 is 16.0 Å². The molecule has 13 heteroatoms. The van der Waals surface area contributed by atoms with Crippen molar-refractivity contribution in [2.24, 2.45) is 0 Å². The molecule has 0 spiro atoms. The molecule has 0 fully saturated rings. The Morgan fingerprint density at radius 3 is 1.89 bits per heavy atom. The van der Waals surface area contributed by atoms with Crippen LogP contribution in [0.15, 0.2) is 103 Å². The topological polar surface area (TPSA) is 145 Å². The molecule has 302 valence electrons. The van der Waals surface area contributed by atoms with Crippen LogP contribution in [0, 0.1) is 5.82 Å². The number of hydrogen-bond acceptors (Lipinski definition) is 8. The van der Waals surface area contributed by atoms with Crippen LogP contribution in [-0.4, -0.2) is 86.2 Å². The molecule has 2 unspecified atom stereocenters. The molecule has 0 saturated carbocycles. The van der Waals surface area contributed by atoms with Gasteiger partial charge in [-0.15, -0.1) is 0 Å². The lowest BCUT2D eigenvalue weighted by Crippen LogP contribution is -2.59. The third kappa shape index (κ3) is 11.9. The molecule has 0 radical (unpaired) electrons. The quantitative estimate of drug-likeness (QED) is 0.0938. The van der Waals surface area contributed by atoms with Crippen molar-refractivity contribution in [3.05, 3.63) is 131 Å². The maximum Gasteiger partial charge on any atom is 0.408 e. The third-order valence-electron chi connectivity index (χ3n) is 9.54. The van der Waals surface area contributed by atoms with Gasteiger partial charge in [0, 0.05) is 31.6 Å². The smallest absolute Gasteiger partial charge is 0.408 e. The first-order valence-corrected chi connectivity index (χ1v) is 19.2. The second kappa shape index (κ2) is 20.9. The highest BCUT2D eigenvalue weighted by Gasteiger charge is 2.34. The van der Waals surface area contributed by atoms with Crippen LogP contribution in [0.1, 0.15) is 55.9 Å². The second-order valence-electron chi connectivity index (χ2n) is 13.8. The minimum absolute atomic E-state index is 0.00695. The molecular weight excluding hydrogens is 732 g/mol. The van der Waals surface area contributed by atoms with Gasteiger partial charge in [0.15, 0.2) is 6.29 Å². The lowest BCUT2D eigenvalue weighted by Gasteiger charge is -2.34. The van der Waals surface area contributed by atoms with Crippen LogP contribution in [0.3, 0.4) is 0 Å². The van der Waals surface area contributed by atoms with E-state index < -0.39 is 54.7 Å². The number of nitrogens with one attached hydrogen (secondary N) is 3. The van der Waals surface area contributed by atoms with Gasteiger partial charge < -0.3 is 39.8 Å². The van der Waals surface area contributed by atoms with Crippen molar-refractivity contribution in [2.75, 3.05) is 32.9 Å². The number of ether oxygens (including phenoxy) is 4. The number of carbonyl (C=O) groups is 4. The van der Waals surface area contributed by atoms with E-state index >= 15 is 0 Å². The summed E-state index contributed by atoms with van der Waals surface area (Å²) in [6.45, 7) is 7.64. The molecule has 0 heterocycles. The minimum atomic E-state index is -1.40. The molecule has 0 aliphatic heterocycles. The Labute approximate surface area is 333 Å². The van der Waals surface area contributed by atoms with Gasteiger partial charge in [-0.3, -0.25) is 9.59 Å². The third-order valence-corrected chi connectivity index (χ3v) is 9.54. The van der Waals surface area contributed by atoms with Gasteiger partial charge in [-0.25, -0.2) is 14.0 Å². The normalized spacial score (nSPS) is 13.0. The molecule has 5 rings (SSSR count). The maximum atomic E-state index is 14.3. The first-order chi connectivity index (χ1) is 27.6. The second-order valence-corrected chi connectivity index (χ2v) is 13.8. The van der Waals surface area contributed by atoms with Gasteiger partial charge in [0.2, 0.25) is 11.8 Å². The van der Waals surface area contributed by atoms with Gasteiger partial charge in [-0.2, -0.15) is 0 Å². The SMILES string of the molecule is CCOC(CN(C(=O)C(Cc1ccc(F)cc1)NC(=O)C(CNC(=O)OCC1c2ccccc2-c2ccccc21)NC(=O)OCc1ccccc1)C(C)C)OCC. The highest BCUT2D eigenvalue weighted by Crippen LogP contribution is 2.44. The van der Waals surface area contributed by atoms with Gasteiger partial charge in [0.25, 0.3) is 0 Å². The molecule has 57 heavy (non-hydrogen) atoms. The zero-order valence-electron chi connectivity index (χ0n) is 32.7. The summed E-state index contributed by atoms with van der Waals surface area (Å²) in [5.41, 5.74) is 5.52. The molecule has 3 N–H and O–H groups in total. The number of hydrogen-bond donors (Lipinski definition) is 3. The fraction of sp³-hybridized carbons (Fsp3) is 0.364. The van der Waals surface area contributed by atoms with E-state index in [4.69, 9.17) is 18.9 Å². The minimum Gasteiger partial charge on any atom is -0.449 e. The largest absolute Gasteiger partial charge is 0.449 e. The standard InChI is InChI=1S/C44H51FN4O8/c1-5-54-40(55-6-2)26-49(29(3)4)42(51)38(24-30-20-22-32(45)23-21-30)47-41(50)39(48-44(53)56-27-31-14-8-7-9-15-31)25-46-43(52)57-28-37-35-18-12-10-16-33(35)34-17-11-13-19-36(34)37/h7-23,29,37-40H,5-6,24-28H2,1-4H3,(H,46,52)(H,47,50)(H,48,53). The number of fused-ring (bicyclic) bond motifs is 3. The highest BCUT2D eigenvalue weighted by atomic mass is 19.1. The van der Waals surface area contributed by atoms with E-state index in [9.17, 15) is 23.6 Å². The van der Waals surface area contributed by atoms with E-state index in [0.29, 0.717) is 18.8 Å². The average molecular weight is 783 g/mol. The van der Waals surface area contributed by atoms with Crippen LogP contribution in [-0.2, 0) is 41.6 Å². The monoisotopic (exact) mass is 782 g/mol. The Morgan fingerprint density at radius 2 is 1.30 bits per heavy atom. The first-order valence-electron chi connectivity index (χ1n) is 19.2. The zero-order valence-corrected chi connectivity index (χ0v) is 32.7. The van der Waals surface area contributed by atoms with E-state index in [1.54, 1.807) is 24.3 Å². The summed E-state index contributed by atoms with van der Waals surface area (Å²) >= 11 is 0. The van der Waals surface area contributed by atoms with E-state index in [1.165, 1.54) is 29.2 Å². The summed E-state index contributed by atoms with van der Waals surface area (Å²) in [6.07, 6.45) is -2.46. The fourth-order valence-corrected chi connectivity index (χ4v) is 6.72. The van der Waals surface area contributed by atoms with Gasteiger partial charge >= 0.3 is 12.2 Å². The molecule has 4 aromatic rings. The van der Waals surface area contributed by atoms with Gasteiger partial charge in [-0.05, 0) is 73.2 Å². The van der Waals surface area contributed by atoms with E-state index in [1.807, 2.05) is 82.3 Å². The Hall–Kier alpha value is -5.79. The summed E-state index contributed by atoms with van der Waals surface area (Å²) in [5.74, 6) is -1.88. The summed E-state index contributed by atoms with van der Waals surface area (Å²) in [4.78, 5) is 56.3. The number of rotatable bonds is 19. The highest BCUT2D eigenvalue weighted by molar-refractivity contribution is 5.92. The van der Waals surface area contributed by atoms with Crippen molar-refractivity contribution in [3.63, 3.8) is 0 Å². The van der Waals surface area contributed by atoms with Crippen molar-refractivity contribution in [1.82, 2.24) is 20.9 Å². The van der Waals surface area contributed by atoms with Crippen molar-refractivity contribution >= 4 is 24.0 Å². The molecule has 4 aromatic carbocycles. The Kier molecular flexibility index (Phi) is 15.6. The molecule has 0 aromatic heterocycles. The van der Waals surface area contributed by atoms with Crippen molar-refractivity contribution in [2.45, 2.75) is 71.1 Å². The lowest BCUT2D eigenvalue weighted by atomic mass is 9.98. The van der Waals surface area contributed by atoms with Gasteiger partial charge in [-0.1, -0.05) is 91.0 Å². The predicted octanol–water partition coefficient (Wildman–Crippen LogP) is 6.32. The van der Waals surface area contributed by atoms with Crippen LogP contribution in [0.5, 0.6) is 0 Å². The lowest BCUT2D eigenvalue weighted by molar-refractivity contribution is -0.163. The summed E-state index contributed by atoms with van der Waals surface area (Å²) in [5, 5.41) is 7.93. The number of alkyl carbamates (subject to hydrolysis) is 2. The molecule has 0 bridgehead atoms. The maximum absolute atomic E-state index is 14.3. The summed E-state index contributed by atoms with van der Waals surface area (Å²) in [7, 11) is 0. The Balaban J connectivity index is 1.33. The Bertz CT molecular complexity index is 1890. The zero-order chi connectivity index (χ0) is 40.7. The summed E-state index contributed by atoms with van der Waals surface area (Å²) < 4.78 is 36.4. The molecule has 12 nitrogen and oxygen atoms in total. The molecule has 1 aliphatic rings. The van der Waals surface area contributed by atoms with Crippen LogP contribution >= 0.6 is 0 Å². The molecule has 1 aliphatic carbocycles. The van der Waals surface area contributed by atoms with Crippen molar-refractivity contribution < 1.29 is 42.5 Å². The van der Waals surface area contributed by atoms with Crippen molar-refractivity contribution in [3.8, 4) is 11.1 Å². The predicted molar refractivity (Wildman–Crippen MR) is 213 cm³/mol. The Morgan fingerprint density at radius 1 is 0.702 bits per heavy atom. The average Bonchev–Trinajstić information content (AvgIpc) is 3.53. The molecule has 0 saturated heterocycles. The number of nitrogens with zero attached hydrogens (tertiary/aromatic N) is 1. The van der Waals surface area contributed by atoms with Crippen LogP contribution in [0.2, 0.25) is 0 Å². The first kappa shape index (κ1) is 42.4. The fourth-order valence-electron chi connectivity index (χ4n) is 6.72. The number of amides is 4. The van der Waals surface area contributed by atoms with Crippen LogP contribution in [0.25, 0.3) is 11.1 Å². The molecule has 4 amide bonds. The molecular formula is C44H51FN4O8. The van der Waals surface area contributed by atoms with E-state index in [0.717, 1.165) is 27.8 Å². The molecule has 2 atom stereocenters. The number of benzene rings is 4. The van der Waals surface area contributed by atoms with Crippen LogP contribution in [0.4, 0.5) is 14.0 Å². The summed E-state index contributed by atoms with van der Waals surface area (Å²) in [6, 6.07) is 27.6. The van der Waals surface area contributed by atoms with E-state index in [2.05, 4.69) is 16.0 Å². The van der Waals surface area contributed by atoms with E-state index in [-0.39, 0.29) is 38.1 Å².